The summed E-state index contributed by atoms with van der Waals surface area (Å²) in [7, 11) is 1.57. The average molecular weight is 357 g/mol. The van der Waals surface area contributed by atoms with E-state index < -0.39 is 0 Å². The van der Waals surface area contributed by atoms with Gasteiger partial charge in [0, 0.05) is 18.7 Å². The Morgan fingerprint density at radius 3 is 2.69 bits per heavy atom. The number of nitrogens with one attached hydrogen (secondary N) is 1. The van der Waals surface area contributed by atoms with Crippen molar-refractivity contribution in [1.82, 2.24) is 4.98 Å². The van der Waals surface area contributed by atoms with Crippen molar-refractivity contribution in [1.29, 1.82) is 0 Å². The minimum atomic E-state index is -0.250. The molecule has 1 aromatic heterocycles. The summed E-state index contributed by atoms with van der Waals surface area (Å²) in [6, 6.07) is 8.83. The molecule has 1 aliphatic rings. The Morgan fingerprint density at radius 1 is 1.23 bits per heavy atom. The molecule has 0 atom stereocenters. The molecule has 1 N–H and O–H groups in total. The van der Waals surface area contributed by atoms with Crippen molar-refractivity contribution in [2.75, 3.05) is 50.2 Å². The van der Waals surface area contributed by atoms with Gasteiger partial charge >= 0.3 is 0 Å². The van der Waals surface area contributed by atoms with Crippen LogP contribution in [0.25, 0.3) is 0 Å². The van der Waals surface area contributed by atoms with Crippen LogP contribution in [-0.4, -0.2) is 50.9 Å². The molecule has 0 spiro atoms. The fraction of sp³-hybridized carbons (Fsp3) is 0.368. The smallest absolute Gasteiger partial charge is 0.256 e. The third-order valence-corrected chi connectivity index (χ3v) is 4.09. The number of methoxy groups -OCH3 is 1. The number of pyridine rings is 1. The predicted octanol–water partition coefficient (Wildman–Crippen LogP) is 2.58. The lowest BCUT2D eigenvalue weighted by Crippen LogP contribution is -2.36. The predicted molar refractivity (Wildman–Crippen MR) is 99.4 cm³/mol. The Morgan fingerprint density at radius 2 is 2.04 bits per heavy atom. The van der Waals surface area contributed by atoms with Crippen LogP contribution in [0.5, 0.6) is 11.5 Å². The number of carbonyl (C=O) groups excluding carboxylic acids is 1. The minimum absolute atomic E-state index is 0.250. The van der Waals surface area contributed by atoms with E-state index in [9.17, 15) is 4.79 Å². The van der Waals surface area contributed by atoms with Gasteiger partial charge in [-0.05, 0) is 37.3 Å². The van der Waals surface area contributed by atoms with Crippen molar-refractivity contribution in [3.05, 3.63) is 42.1 Å². The summed E-state index contributed by atoms with van der Waals surface area (Å²) < 4.78 is 16.1. The van der Waals surface area contributed by atoms with Crippen molar-refractivity contribution in [2.45, 2.75) is 6.92 Å². The van der Waals surface area contributed by atoms with Crippen molar-refractivity contribution < 1.29 is 19.0 Å². The summed E-state index contributed by atoms with van der Waals surface area (Å²) >= 11 is 0. The highest BCUT2D eigenvalue weighted by atomic mass is 16.5. The van der Waals surface area contributed by atoms with Crippen LogP contribution >= 0.6 is 0 Å². The highest BCUT2D eigenvalue weighted by molar-refractivity contribution is 6.04. The molecule has 7 heteroatoms. The molecule has 1 aromatic carbocycles. The van der Waals surface area contributed by atoms with E-state index in [2.05, 4.69) is 15.2 Å². The SMILES string of the molecule is CCOc1cc(C(=O)Nc2ccc(N3CCOCC3)cn2)ccc1OC. The topological polar surface area (TPSA) is 72.9 Å². The highest BCUT2D eigenvalue weighted by Gasteiger charge is 2.14. The van der Waals surface area contributed by atoms with Gasteiger partial charge in [0.1, 0.15) is 5.82 Å². The number of benzene rings is 1. The first-order chi connectivity index (χ1) is 12.7. The zero-order chi connectivity index (χ0) is 18.4. The quantitative estimate of drug-likeness (QED) is 0.857. The number of hydrogen-bond acceptors (Lipinski definition) is 6. The van der Waals surface area contributed by atoms with Crippen LogP contribution in [0.3, 0.4) is 0 Å². The molecular weight excluding hydrogens is 334 g/mol. The van der Waals surface area contributed by atoms with Gasteiger partial charge in [0.05, 0.1) is 38.8 Å². The fourth-order valence-electron chi connectivity index (χ4n) is 2.74. The number of anilines is 2. The van der Waals surface area contributed by atoms with E-state index >= 15 is 0 Å². The van der Waals surface area contributed by atoms with Gasteiger partial charge in [-0.25, -0.2) is 4.98 Å². The van der Waals surface area contributed by atoms with Crippen LogP contribution in [0, 0.1) is 0 Å². The number of rotatable bonds is 6. The van der Waals surface area contributed by atoms with Crippen LogP contribution in [0.15, 0.2) is 36.5 Å². The molecule has 1 amide bonds. The molecule has 138 valence electrons. The van der Waals surface area contributed by atoms with Gasteiger partial charge in [0.2, 0.25) is 0 Å². The number of hydrogen-bond donors (Lipinski definition) is 1. The van der Waals surface area contributed by atoms with E-state index in [1.807, 2.05) is 13.0 Å². The summed E-state index contributed by atoms with van der Waals surface area (Å²) in [5.41, 5.74) is 1.50. The molecule has 2 aromatic rings. The number of aromatic nitrogens is 1. The maximum atomic E-state index is 12.5. The zero-order valence-electron chi connectivity index (χ0n) is 15.0. The van der Waals surface area contributed by atoms with Gasteiger partial charge in [-0.3, -0.25) is 4.79 Å². The van der Waals surface area contributed by atoms with Gasteiger partial charge in [-0.1, -0.05) is 0 Å². The average Bonchev–Trinajstić information content (AvgIpc) is 2.69. The van der Waals surface area contributed by atoms with Crippen LogP contribution in [0.2, 0.25) is 0 Å². The van der Waals surface area contributed by atoms with Crippen LogP contribution in [0.4, 0.5) is 11.5 Å². The summed E-state index contributed by atoms with van der Waals surface area (Å²) in [5.74, 6) is 1.38. The first-order valence-electron chi connectivity index (χ1n) is 8.62. The molecule has 0 saturated carbocycles. The summed E-state index contributed by atoms with van der Waals surface area (Å²) in [4.78, 5) is 19.0. The Labute approximate surface area is 152 Å². The first-order valence-corrected chi connectivity index (χ1v) is 8.62. The lowest BCUT2D eigenvalue weighted by atomic mass is 10.2. The zero-order valence-corrected chi connectivity index (χ0v) is 15.0. The molecule has 1 aliphatic heterocycles. The van der Waals surface area contributed by atoms with Gasteiger partial charge in [0.15, 0.2) is 11.5 Å². The molecule has 0 aliphatic carbocycles. The molecule has 3 rings (SSSR count). The molecule has 0 bridgehead atoms. The third-order valence-electron chi connectivity index (χ3n) is 4.09. The van der Waals surface area contributed by atoms with Crippen LogP contribution in [-0.2, 0) is 4.74 Å². The Hall–Kier alpha value is -2.80. The molecule has 1 fully saturated rings. The number of morpholine rings is 1. The molecule has 26 heavy (non-hydrogen) atoms. The van der Waals surface area contributed by atoms with Gasteiger partial charge in [0.25, 0.3) is 5.91 Å². The Kier molecular flexibility index (Phi) is 5.91. The van der Waals surface area contributed by atoms with Crippen molar-refractivity contribution in [3.8, 4) is 11.5 Å². The van der Waals surface area contributed by atoms with Crippen LogP contribution in [0.1, 0.15) is 17.3 Å². The maximum Gasteiger partial charge on any atom is 0.256 e. The standard InChI is InChI=1S/C19H23N3O4/c1-3-26-17-12-14(4-6-16(17)24-2)19(23)21-18-7-5-15(13-20-18)22-8-10-25-11-9-22/h4-7,12-13H,3,8-11H2,1-2H3,(H,20,21,23). The van der Waals surface area contributed by atoms with Gasteiger partial charge in [-0.15, -0.1) is 0 Å². The number of ether oxygens (including phenoxy) is 3. The summed E-state index contributed by atoms with van der Waals surface area (Å²) in [5, 5.41) is 2.81. The molecule has 2 heterocycles. The number of amides is 1. The number of carbonyl (C=O) groups is 1. The lowest BCUT2D eigenvalue weighted by molar-refractivity contribution is 0.102. The van der Waals surface area contributed by atoms with E-state index in [0.29, 0.717) is 29.5 Å². The molecule has 1 saturated heterocycles. The van der Waals surface area contributed by atoms with Gasteiger partial charge < -0.3 is 24.4 Å². The largest absolute Gasteiger partial charge is 0.493 e. The second-order valence-corrected chi connectivity index (χ2v) is 5.75. The molecule has 0 unspecified atom stereocenters. The van der Waals surface area contributed by atoms with E-state index in [4.69, 9.17) is 14.2 Å². The maximum absolute atomic E-state index is 12.5. The highest BCUT2D eigenvalue weighted by Crippen LogP contribution is 2.28. The molecule has 0 radical (unpaired) electrons. The molecule has 7 nitrogen and oxygen atoms in total. The fourth-order valence-corrected chi connectivity index (χ4v) is 2.74. The van der Waals surface area contributed by atoms with E-state index in [1.165, 1.54) is 0 Å². The van der Waals surface area contributed by atoms with E-state index in [-0.39, 0.29) is 5.91 Å². The molecular formula is C19H23N3O4. The van der Waals surface area contributed by atoms with Crippen molar-refractivity contribution in [3.63, 3.8) is 0 Å². The monoisotopic (exact) mass is 357 g/mol. The van der Waals surface area contributed by atoms with Crippen molar-refractivity contribution >= 4 is 17.4 Å². The van der Waals surface area contributed by atoms with Crippen molar-refractivity contribution in [2.24, 2.45) is 0 Å². The number of nitrogens with zero attached hydrogens (tertiary/aromatic N) is 2. The van der Waals surface area contributed by atoms with E-state index in [0.717, 1.165) is 32.0 Å². The first kappa shape index (κ1) is 18.0. The van der Waals surface area contributed by atoms with E-state index in [1.54, 1.807) is 37.6 Å². The summed E-state index contributed by atoms with van der Waals surface area (Å²) in [6.07, 6.45) is 1.76. The van der Waals surface area contributed by atoms with Crippen LogP contribution < -0.4 is 19.7 Å². The van der Waals surface area contributed by atoms with Gasteiger partial charge in [-0.2, -0.15) is 0 Å². The normalized spacial score (nSPS) is 14.0. The summed E-state index contributed by atoms with van der Waals surface area (Å²) in [6.45, 7) is 5.51. The second kappa shape index (κ2) is 8.53. The third kappa shape index (κ3) is 4.23. The Balaban J connectivity index is 1.68. The minimum Gasteiger partial charge on any atom is -0.493 e. The Bertz CT molecular complexity index is 743. The second-order valence-electron chi connectivity index (χ2n) is 5.75. The lowest BCUT2D eigenvalue weighted by Gasteiger charge is -2.28.